The SMILES string of the molecule is C=CCNS(=O)(=O)c1ccc(C(=O)Nc2ccccc2C(=O)OC)cc1. The van der Waals surface area contributed by atoms with Crippen molar-refractivity contribution in [1.29, 1.82) is 0 Å². The fraction of sp³-hybridized carbons (Fsp3) is 0.111. The van der Waals surface area contributed by atoms with Gasteiger partial charge in [0.05, 0.1) is 23.3 Å². The Bertz CT molecular complexity index is 921. The number of para-hydroxylation sites is 1. The van der Waals surface area contributed by atoms with Crippen LogP contribution in [0.25, 0.3) is 0 Å². The molecule has 136 valence electrons. The third-order valence-electron chi connectivity index (χ3n) is 3.43. The molecule has 0 spiro atoms. The summed E-state index contributed by atoms with van der Waals surface area (Å²) in [4.78, 5) is 24.1. The van der Waals surface area contributed by atoms with E-state index < -0.39 is 21.9 Å². The maximum Gasteiger partial charge on any atom is 0.339 e. The van der Waals surface area contributed by atoms with Crippen molar-refractivity contribution < 1.29 is 22.7 Å². The lowest BCUT2D eigenvalue weighted by Crippen LogP contribution is -2.23. The lowest BCUT2D eigenvalue weighted by Gasteiger charge is -2.10. The number of nitrogens with one attached hydrogen (secondary N) is 2. The van der Waals surface area contributed by atoms with Gasteiger partial charge in [-0.15, -0.1) is 6.58 Å². The van der Waals surface area contributed by atoms with Crippen molar-refractivity contribution in [3.05, 3.63) is 72.3 Å². The number of benzene rings is 2. The van der Waals surface area contributed by atoms with Crippen molar-refractivity contribution in [1.82, 2.24) is 4.72 Å². The molecule has 0 atom stereocenters. The molecule has 26 heavy (non-hydrogen) atoms. The molecule has 2 N–H and O–H groups in total. The van der Waals surface area contributed by atoms with Crippen molar-refractivity contribution >= 4 is 27.6 Å². The predicted octanol–water partition coefficient (Wildman–Crippen LogP) is 2.19. The molecule has 0 bridgehead atoms. The fourth-order valence-corrected chi connectivity index (χ4v) is 3.11. The Morgan fingerprint density at radius 2 is 1.77 bits per heavy atom. The first kappa shape index (κ1) is 19.4. The number of ether oxygens (including phenoxy) is 1. The first-order valence-electron chi connectivity index (χ1n) is 7.58. The quantitative estimate of drug-likeness (QED) is 0.571. The Kier molecular flexibility index (Phi) is 6.26. The van der Waals surface area contributed by atoms with Crippen molar-refractivity contribution in [2.24, 2.45) is 0 Å². The second-order valence-electron chi connectivity index (χ2n) is 5.16. The minimum atomic E-state index is -3.66. The summed E-state index contributed by atoms with van der Waals surface area (Å²) in [7, 11) is -2.41. The highest BCUT2D eigenvalue weighted by Crippen LogP contribution is 2.18. The number of sulfonamides is 1. The average Bonchev–Trinajstić information content (AvgIpc) is 2.66. The summed E-state index contributed by atoms with van der Waals surface area (Å²) < 4.78 is 31.0. The van der Waals surface area contributed by atoms with E-state index in [1.807, 2.05) is 0 Å². The zero-order valence-corrected chi connectivity index (χ0v) is 14.9. The molecule has 0 aromatic heterocycles. The van der Waals surface area contributed by atoms with Gasteiger partial charge in [0.25, 0.3) is 5.91 Å². The number of amides is 1. The number of esters is 1. The van der Waals surface area contributed by atoms with Crippen molar-refractivity contribution in [3.8, 4) is 0 Å². The topological polar surface area (TPSA) is 102 Å². The second kappa shape index (κ2) is 8.41. The van der Waals surface area contributed by atoms with Gasteiger partial charge in [0, 0.05) is 12.1 Å². The monoisotopic (exact) mass is 374 g/mol. The maximum absolute atomic E-state index is 12.4. The van der Waals surface area contributed by atoms with Gasteiger partial charge in [-0.3, -0.25) is 4.79 Å². The van der Waals surface area contributed by atoms with Crippen molar-refractivity contribution in [2.75, 3.05) is 19.0 Å². The van der Waals surface area contributed by atoms with Crippen LogP contribution in [-0.2, 0) is 14.8 Å². The zero-order chi connectivity index (χ0) is 19.2. The molecule has 0 radical (unpaired) electrons. The van der Waals surface area contributed by atoms with Crippen LogP contribution in [0.4, 0.5) is 5.69 Å². The molecule has 0 unspecified atom stereocenters. The normalized spacial score (nSPS) is 10.8. The van der Waals surface area contributed by atoms with E-state index in [4.69, 9.17) is 0 Å². The van der Waals surface area contributed by atoms with Crippen molar-refractivity contribution in [3.63, 3.8) is 0 Å². The number of carbonyl (C=O) groups excluding carboxylic acids is 2. The van der Waals surface area contributed by atoms with E-state index in [1.165, 1.54) is 43.5 Å². The molecule has 2 rings (SSSR count). The highest BCUT2D eigenvalue weighted by atomic mass is 32.2. The van der Waals surface area contributed by atoms with Gasteiger partial charge >= 0.3 is 5.97 Å². The molecule has 0 aliphatic heterocycles. The van der Waals surface area contributed by atoms with Crippen molar-refractivity contribution in [2.45, 2.75) is 4.90 Å². The lowest BCUT2D eigenvalue weighted by molar-refractivity contribution is 0.0602. The predicted molar refractivity (Wildman–Crippen MR) is 97.6 cm³/mol. The maximum atomic E-state index is 12.4. The van der Waals surface area contributed by atoms with Crippen LogP contribution >= 0.6 is 0 Å². The Labute approximate surface area is 151 Å². The molecule has 0 saturated carbocycles. The van der Waals surface area contributed by atoms with Crippen LogP contribution in [0.15, 0.2) is 66.1 Å². The number of anilines is 1. The van der Waals surface area contributed by atoms with Gasteiger partial charge in [-0.1, -0.05) is 18.2 Å². The zero-order valence-electron chi connectivity index (χ0n) is 14.1. The van der Waals surface area contributed by atoms with Crippen LogP contribution in [0.2, 0.25) is 0 Å². The Balaban J connectivity index is 2.19. The number of rotatable bonds is 7. The summed E-state index contributed by atoms with van der Waals surface area (Å²) >= 11 is 0. The summed E-state index contributed by atoms with van der Waals surface area (Å²) in [5.74, 6) is -1.06. The standard InChI is InChI=1S/C18H18N2O5S/c1-3-12-19-26(23,24)14-10-8-13(9-11-14)17(21)20-16-7-5-4-6-15(16)18(22)25-2/h3-11,19H,1,12H2,2H3,(H,20,21). The molecule has 2 aromatic rings. The van der Waals surface area contributed by atoms with Crippen LogP contribution in [0.5, 0.6) is 0 Å². The van der Waals surface area contributed by atoms with Crippen LogP contribution < -0.4 is 10.0 Å². The Hall–Kier alpha value is -2.97. The number of hydrogen-bond donors (Lipinski definition) is 2. The third kappa shape index (κ3) is 4.56. The van der Waals surface area contributed by atoms with Crippen LogP contribution in [0.3, 0.4) is 0 Å². The minimum absolute atomic E-state index is 0.0332. The summed E-state index contributed by atoms with van der Waals surface area (Å²) in [6.07, 6.45) is 1.43. The molecule has 0 saturated heterocycles. The number of carbonyl (C=O) groups is 2. The van der Waals surface area contributed by atoms with E-state index in [0.717, 1.165) is 0 Å². The summed E-state index contributed by atoms with van der Waals surface area (Å²) in [6.45, 7) is 3.55. The van der Waals surface area contributed by atoms with E-state index in [0.29, 0.717) is 5.69 Å². The molecule has 0 aliphatic carbocycles. The fourth-order valence-electron chi connectivity index (χ4n) is 2.11. The molecular formula is C18H18N2O5S. The highest BCUT2D eigenvalue weighted by Gasteiger charge is 2.16. The molecule has 1 amide bonds. The van der Waals surface area contributed by atoms with Gasteiger partial charge in [0.15, 0.2) is 0 Å². The van der Waals surface area contributed by atoms with Crippen LogP contribution in [0.1, 0.15) is 20.7 Å². The minimum Gasteiger partial charge on any atom is -0.465 e. The summed E-state index contributed by atoms with van der Waals surface area (Å²) in [5.41, 5.74) is 0.761. The molecule has 0 fully saturated rings. The van der Waals surface area contributed by atoms with Crippen LogP contribution in [0, 0.1) is 0 Å². The molecule has 8 heteroatoms. The van der Waals surface area contributed by atoms with Gasteiger partial charge < -0.3 is 10.1 Å². The van der Waals surface area contributed by atoms with E-state index in [2.05, 4.69) is 21.4 Å². The molecule has 2 aromatic carbocycles. The van der Waals surface area contributed by atoms with E-state index in [9.17, 15) is 18.0 Å². The smallest absolute Gasteiger partial charge is 0.339 e. The summed E-state index contributed by atoms with van der Waals surface area (Å²) in [5, 5.41) is 2.62. The lowest BCUT2D eigenvalue weighted by atomic mass is 10.1. The van der Waals surface area contributed by atoms with E-state index in [-0.39, 0.29) is 22.6 Å². The van der Waals surface area contributed by atoms with Gasteiger partial charge in [0.2, 0.25) is 10.0 Å². The first-order valence-corrected chi connectivity index (χ1v) is 9.06. The number of methoxy groups -OCH3 is 1. The average molecular weight is 374 g/mol. The molecular weight excluding hydrogens is 356 g/mol. The highest BCUT2D eigenvalue weighted by molar-refractivity contribution is 7.89. The Morgan fingerprint density at radius 3 is 2.38 bits per heavy atom. The van der Waals surface area contributed by atoms with Gasteiger partial charge in [-0.2, -0.15) is 0 Å². The largest absolute Gasteiger partial charge is 0.465 e. The first-order chi connectivity index (χ1) is 12.4. The van der Waals surface area contributed by atoms with Gasteiger partial charge in [-0.05, 0) is 36.4 Å². The number of hydrogen-bond acceptors (Lipinski definition) is 5. The summed E-state index contributed by atoms with van der Waals surface area (Å²) in [6, 6.07) is 11.8. The molecule has 0 heterocycles. The van der Waals surface area contributed by atoms with Gasteiger partial charge in [0.1, 0.15) is 0 Å². The molecule has 0 aliphatic rings. The third-order valence-corrected chi connectivity index (χ3v) is 4.86. The van der Waals surface area contributed by atoms with E-state index in [1.54, 1.807) is 18.2 Å². The second-order valence-corrected chi connectivity index (χ2v) is 6.92. The van der Waals surface area contributed by atoms with Gasteiger partial charge in [-0.25, -0.2) is 17.9 Å². The Morgan fingerprint density at radius 1 is 1.12 bits per heavy atom. The molecule has 7 nitrogen and oxygen atoms in total. The van der Waals surface area contributed by atoms with Crippen LogP contribution in [-0.4, -0.2) is 33.9 Å². The van der Waals surface area contributed by atoms with E-state index >= 15 is 0 Å².